The molecule has 2 rings (SSSR count). The van der Waals surface area contributed by atoms with Gasteiger partial charge in [-0.15, -0.1) is 0 Å². The molecule has 260 valence electrons. The van der Waals surface area contributed by atoms with Crippen LogP contribution < -0.4 is 9.80 Å². The second-order valence-electron chi connectivity index (χ2n) is 9.17. The van der Waals surface area contributed by atoms with Crippen LogP contribution in [0, 0.1) is 0 Å². The predicted octanol–water partition coefficient (Wildman–Crippen LogP) is 7.23. The fraction of sp³-hybridized carbons (Fsp3) is 0.438. The van der Waals surface area contributed by atoms with Crippen molar-refractivity contribution in [3.63, 3.8) is 0 Å². The molecule has 0 spiro atoms. The molecule has 0 saturated heterocycles. The molecule has 0 atom stereocenters. The van der Waals surface area contributed by atoms with Crippen LogP contribution in [0.2, 0.25) is 0 Å². The molecule has 0 aliphatic heterocycles. The van der Waals surface area contributed by atoms with Gasteiger partial charge >= 0.3 is 12.2 Å². The molecular formula is C32H47BrN6O8. The van der Waals surface area contributed by atoms with E-state index in [2.05, 4.69) is 46.2 Å². The van der Waals surface area contributed by atoms with Gasteiger partial charge < -0.3 is 29.2 Å². The molecule has 0 unspecified atom stereocenters. The Morgan fingerprint density at radius 2 is 1.09 bits per heavy atom. The third-order valence-corrected chi connectivity index (χ3v) is 6.81. The number of carbonyl (C=O) groups is 2. The number of amides is 2. The van der Waals surface area contributed by atoms with Gasteiger partial charge in [0.05, 0.1) is 25.6 Å². The third-order valence-electron chi connectivity index (χ3n) is 6.21. The highest BCUT2D eigenvalue weighted by Crippen LogP contribution is 2.23. The lowest BCUT2D eigenvalue weighted by atomic mass is 10.1. The number of hydrogen-bond acceptors (Lipinski definition) is 12. The molecule has 0 aromatic heterocycles. The number of rotatable bonds is 12. The summed E-state index contributed by atoms with van der Waals surface area (Å²) in [5.41, 5.74) is 5.80. The summed E-state index contributed by atoms with van der Waals surface area (Å²) in [7, 11) is 5.66. The van der Waals surface area contributed by atoms with Gasteiger partial charge in [-0.3, -0.25) is 9.80 Å². The van der Waals surface area contributed by atoms with Crippen LogP contribution in [0.5, 0.6) is 0 Å². The Kier molecular flexibility index (Phi) is 22.1. The number of nitrogens with zero attached hydrogens (tertiary/aromatic N) is 6. The van der Waals surface area contributed by atoms with Crippen LogP contribution in [0.15, 0.2) is 69.2 Å². The fourth-order valence-corrected chi connectivity index (χ4v) is 4.02. The van der Waals surface area contributed by atoms with Crippen molar-refractivity contribution in [2.24, 2.45) is 20.6 Å². The molecule has 14 nitrogen and oxygen atoms in total. The second kappa shape index (κ2) is 24.6. The zero-order chi connectivity index (χ0) is 35.8. The molecule has 2 amide bonds. The van der Waals surface area contributed by atoms with E-state index in [1.165, 1.54) is 33.3 Å². The normalized spacial score (nSPS) is 11.6. The molecule has 2 aromatic rings. The molecule has 0 aliphatic rings. The summed E-state index contributed by atoms with van der Waals surface area (Å²) in [4.78, 5) is 41.0. The Morgan fingerprint density at radius 3 is 1.49 bits per heavy atom. The number of oxime groups is 4. The molecule has 0 aliphatic carbocycles. The van der Waals surface area contributed by atoms with Gasteiger partial charge in [0.15, 0.2) is 0 Å². The first-order chi connectivity index (χ1) is 22.5. The van der Waals surface area contributed by atoms with Gasteiger partial charge in [-0.1, -0.05) is 73.0 Å². The molecule has 47 heavy (non-hydrogen) atoms. The molecule has 0 bridgehead atoms. The summed E-state index contributed by atoms with van der Waals surface area (Å²) in [6.07, 6.45) is -0.742. The quantitative estimate of drug-likeness (QED) is 0.104. The summed E-state index contributed by atoms with van der Waals surface area (Å²) < 4.78 is 9.53. The van der Waals surface area contributed by atoms with E-state index < -0.39 is 6.09 Å². The highest BCUT2D eigenvalue weighted by Gasteiger charge is 2.18. The predicted molar refractivity (Wildman–Crippen MR) is 189 cm³/mol. The maximum atomic E-state index is 11.8. The SMILES string of the molecule is CCN(C(=O)OC)c1ccccc1CBr.CCN(C(=O)OC)c1ccccc1CO/N=C(C)/C(C)=N/OC.CO/N=C(C)/C(C)=N/O. The van der Waals surface area contributed by atoms with Crippen molar-refractivity contribution in [1.82, 2.24) is 0 Å². The largest absolute Gasteiger partial charge is 0.452 e. The number of para-hydroxylation sites is 2. The lowest BCUT2D eigenvalue weighted by molar-refractivity contribution is 0.131. The lowest BCUT2D eigenvalue weighted by Gasteiger charge is -2.21. The molecular weight excluding hydrogens is 676 g/mol. The first kappa shape index (κ1) is 42.3. The Labute approximate surface area is 285 Å². The summed E-state index contributed by atoms with van der Waals surface area (Å²) >= 11 is 3.40. The molecule has 0 radical (unpaired) electrons. The highest BCUT2D eigenvalue weighted by molar-refractivity contribution is 9.08. The summed E-state index contributed by atoms with van der Waals surface area (Å²) in [5, 5.41) is 23.1. The average Bonchev–Trinajstić information content (AvgIpc) is 3.09. The van der Waals surface area contributed by atoms with Crippen LogP contribution in [-0.2, 0) is 35.9 Å². The minimum atomic E-state index is -0.414. The number of halogens is 1. The number of hydrogen-bond donors (Lipinski definition) is 1. The number of ether oxygens (including phenoxy) is 2. The van der Waals surface area contributed by atoms with E-state index in [1.807, 2.05) is 62.4 Å². The van der Waals surface area contributed by atoms with E-state index in [-0.39, 0.29) is 12.7 Å². The maximum absolute atomic E-state index is 11.8. The monoisotopic (exact) mass is 722 g/mol. The molecule has 0 saturated carbocycles. The zero-order valence-corrected chi connectivity index (χ0v) is 30.4. The van der Waals surface area contributed by atoms with Gasteiger partial charge in [0.2, 0.25) is 0 Å². The van der Waals surface area contributed by atoms with Crippen LogP contribution >= 0.6 is 15.9 Å². The van der Waals surface area contributed by atoms with Crippen molar-refractivity contribution in [3.8, 4) is 0 Å². The van der Waals surface area contributed by atoms with E-state index in [1.54, 1.807) is 32.6 Å². The summed E-state index contributed by atoms with van der Waals surface area (Å²) in [5.74, 6) is 0. The third kappa shape index (κ3) is 15.0. The van der Waals surface area contributed by atoms with Gasteiger partial charge in [0.1, 0.15) is 43.7 Å². The Bertz CT molecular complexity index is 1370. The van der Waals surface area contributed by atoms with Gasteiger partial charge in [0.25, 0.3) is 0 Å². The van der Waals surface area contributed by atoms with Crippen LogP contribution in [0.4, 0.5) is 21.0 Å². The summed E-state index contributed by atoms with van der Waals surface area (Å²) in [6, 6.07) is 15.2. The summed E-state index contributed by atoms with van der Waals surface area (Å²) in [6.45, 7) is 12.0. The number of anilines is 2. The Morgan fingerprint density at radius 1 is 0.681 bits per heavy atom. The van der Waals surface area contributed by atoms with Crippen LogP contribution in [0.1, 0.15) is 52.7 Å². The average molecular weight is 724 g/mol. The van der Waals surface area contributed by atoms with Gasteiger partial charge in [-0.05, 0) is 59.2 Å². The lowest BCUT2D eigenvalue weighted by Crippen LogP contribution is -2.31. The molecule has 0 heterocycles. The second-order valence-corrected chi connectivity index (χ2v) is 9.73. The topological polar surface area (TPSA) is 156 Å². The van der Waals surface area contributed by atoms with Gasteiger partial charge in [-0.25, -0.2) is 9.59 Å². The van der Waals surface area contributed by atoms with Crippen LogP contribution in [0.25, 0.3) is 0 Å². The first-order valence-electron chi connectivity index (χ1n) is 14.5. The van der Waals surface area contributed by atoms with Crippen LogP contribution in [0.3, 0.4) is 0 Å². The number of alkyl halides is 1. The minimum absolute atomic E-state index is 0.223. The standard InChI is InChI=1S/C16H23N3O4.C11H14BrNO2.C5H10N2O2/c1-6-19(16(20)21-4)15-10-8-7-9-14(15)11-23-18-13(3)12(2)17-22-5;1-3-13(11(14)15-2)10-7-5-4-6-9(10)8-12;1-4(6-8)5(2)7-9-3/h7-10H,6,11H2,1-5H3;4-7H,3,8H2,1-2H3;8H,1-3H3/b17-12+,18-13+;;6-4+,7-5+. The number of methoxy groups -OCH3 is 2. The molecule has 15 heteroatoms. The fourth-order valence-electron chi connectivity index (χ4n) is 3.54. The van der Waals surface area contributed by atoms with Crippen molar-refractivity contribution >= 4 is 62.3 Å². The van der Waals surface area contributed by atoms with Crippen LogP contribution in [-0.4, -0.2) is 81.8 Å². The Balaban J connectivity index is 0.000000753. The molecule has 0 fully saturated rings. The van der Waals surface area contributed by atoms with Crippen molar-refractivity contribution in [2.45, 2.75) is 53.5 Å². The van der Waals surface area contributed by atoms with Crippen molar-refractivity contribution < 1.29 is 38.8 Å². The Hall–Kier alpha value is -4.66. The molecule has 2 aromatic carbocycles. The van der Waals surface area contributed by atoms with Gasteiger partial charge in [-0.2, -0.15) is 0 Å². The highest BCUT2D eigenvalue weighted by atomic mass is 79.9. The maximum Gasteiger partial charge on any atom is 0.413 e. The van der Waals surface area contributed by atoms with E-state index in [0.717, 1.165) is 27.8 Å². The smallest absolute Gasteiger partial charge is 0.413 e. The zero-order valence-electron chi connectivity index (χ0n) is 28.8. The number of benzene rings is 2. The van der Waals surface area contributed by atoms with E-state index in [4.69, 9.17) is 19.5 Å². The minimum Gasteiger partial charge on any atom is -0.452 e. The molecule has 1 N–H and O–H groups in total. The number of carbonyl (C=O) groups excluding carboxylic acids is 2. The van der Waals surface area contributed by atoms with Crippen molar-refractivity contribution in [3.05, 3.63) is 59.7 Å². The first-order valence-corrected chi connectivity index (χ1v) is 15.6. The van der Waals surface area contributed by atoms with E-state index in [9.17, 15) is 9.59 Å². The van der Waals surface area contributed by atoms with Crippen molar-refractivity contribution in [1.29, 1.82) is 0 Å². The van der Waals surface area contributed by atoms with Gasteiger partial charge in [0, 0.05) is 24.0 Å². The van der Waals surface area contributed by atoms with E-state index in [0.29, 0.717) is 35.9 Å². The van der Waals surface area contributed by atoms with Crippen molar-refractivity contribution in [2.75, 3.05) is 51.3 Å². The van der Waals surface area contributed by atoms with E-state index >= 15 is 0 Å².